The van der Waals surface area contributed by atoms with E-state index in [4.69, 9.17) is 4.74 Å². The molecule has 0 atom stereocenters. The molecule has 0 aliphatic rings. The monoisotopic (exact) mass is 433 g/mol. The highest BCUT2D eigenvalue weighted by Crippen LogP contribution is 2.23. The lowest BCUT2D eigenvalue weighted by atomic mass is 10.1. The van der Waals surface area contributed by atoms with Gasteiger partial charge in [-0.15, -0.1) is 0 Å². The first kappa shape index (κ1) is 23.3. The van der Waals surface area contributed by atoms with Crippen molar-refractivity contribution in [2.45, 2.75) is 45.6 Å². The van der Waals surface area contributed by atoms with E-state index in [-0.39, 0.29) is 11.9 Å². The number of esters is 1. The van der Waals surface area contributed by atoms with Gasteiger partial charge in [0.1, 0.15) is 0 Å². The summed E-state index contributed by atoms with van der Waals surface area (Å²) in [6.07, 6.45) is 13.3. The van der Waals surface area contributed by atoms with Crippen molar-refractivity contribution in [3.8, 4) is 0 Å². The SMILES string of the molecule is CCOC(=O)Cc1cn(CCCCCCNC(=O)/C=C/c2cccnc2)c2ccccc12. The maximum atomic E-state index is 11.9. The highest BCUT2D eigenvalue weighted by Gasteiger charge is 2.12. The van der Waals surface area contributed by atoms with Crippen LogP contribution in [0.5, 0.6) is 0 Å². The molecule has 6 nitrogen and oxygen atoms in total. The molecule has 2 heterocycles. The Labute approximate surface area is 189 Å². The first-order valence-electron chi connectivity index (χ1n) is 11.3. The molecule has 1 amide bonds. The van der Waals surface area contributed by atoms with Crippen LogP contribution in [0.15, 0.2) is 61.1 Å². The average molecular weight is 434 g/mol. The van der Waals surface area contributed by atoms with E-state index >= 15 is 0 Å². The summed E-state index contributed by atoms with van der Waals surface area (Å²) in [4.78, 5) is 27.8. The maximum absolute atomic E-state index is 11.9. The van der Waals surface area contributed by atoms with Crippen LogP contribution in [0.4, 0.5) is 0 Å². The first-order chi connectivity index (χ1) is 15.7. The summed E-state index contributed by atoms with van der Waals surface area (Å²) in [5.41, 5.74) is 3.08. The van der Waals surface area contributed by atoms with Crippen molar-refractivity contribution in [1.29, 1.82) is 0 Å². The fourth-order valence-electron chi connectivity index (χ4n) is 3.69. The predicted molar refractivity (Wildman–Crippen MR) is 127 cm³/mol. The molecular formula is C26H31N3O3. The molecule has 0 spiro atoms. The molecule has 168 valence electrons. The van der Waals surface area contributed by atoms with Gasteiger partial charge in [0.15, 0.2) is 0 Å². The van der Waals surface area contributed by atoms with Crippen molar-refractivity contribution in [2.75, 3.05) is 13.2 Å². The molecule has 0 aliphatic heterocycles. The molecule has 0 bridgehead atoms. The highest BCUT2D eigenvalue weighted by molar-refractivity contribution is 5.91. The number of unbranched alkanes of at least 4 members (excludes halogenated alkanes) is 3. The summed E-state index contributed by atoms with van der Waals surface area (Å²) in [5.74, 6) is -0.269. The van der Waals surface area contributed by atoms with Gasteiger partial charge >= 0.3 is 5.97 Å². The molecule has 1 aromatic carbocycles. The second-order valence-corrected chi connectivity index (χ2v) is 7.67. The molecule has 0 aliphatic carbocycles. The number of benzene rings is 1. The van der Waals surface area contributed by atoms with Gasteiger partial charge in [-0.3, -0.25) is 14.6 Å². The van der Waals surface area contributed by atoms with E-state index in [1.165, 1.54) is 0 Å². The zero-order valence-electron chi connectivity index (χ0n) is 18.6. The lowest BCUT2D eigenvalue weighted by Crippen LogP contribution is -2.21. The fraction of sp³-hybridized carbons (Fsp3) is 0.346. The van der Waals surface area contributed by atoms with Crippen molar-refractivity contribution in [3.63, 3.8) is 0 Å². The van der Waals surface area contributed by atoms with E-state index < -0.39 is 0 Å². The molecule has 32 heavy (non-hydrogen) atoms. The summed E-state index contributed by atoms with van der Waals surface area (Å²) in [6, 6.07) is 11.9. The number of aromatic nitrogens is 2. The number of pyridine rings is 1. The Balaban J connectivity index is 1.38. The quantitative estimate of drug-likeness (QED) is 0.259. The van der Waals surface area contributed by atoms with Crippen LogP contribution in [-0.2, 0) is 27.3 Å². The summed E-state index contributed by atoms with van der Waals surface area (Å²) in [7, 11) is 0. The topological polar surface area (TPSA) is 73.2 Å². The molecule has 1 N–H and O–H groups in total. The van der Waals surface area contributed by atoms with Crippen LogP contribution in [0.25, 0.3) is 17.0 Å². The van der Waals surface area contributed by atoms with Gasteiger partial charge in [0.2, 0.25) is 5.91 Å². The zero-order chi connectivity index (χ0) is 22.6. The largest absolute Gasteiger partial charge is 0.466 e. The standard InChI is InChI=1S/C26H31N3O3/c1-2-32-26(31)18-22-20-29(24-12-6-5-11-23(22)24)17-8-4-3-7-16-28-25(30)14-13-21-10-9-15-27-19-21/h5-6,9-15,19-20H,2-4,7-8,16-18H2,1H3,(H,28,30)/b14-13+. The van der Waals surface area contributed by atoms with Crippen molar-refractivity contribution in [3.05, 3.63) is 72.2 Å². The molecule has 0 fully saturated rings. The second kappa shape index (κ2) is 12.4. The van der Waals surface area contributed by atoms with Gasteiger partial charge in [0.05, 0.1) is 13.0 Å². The number of nitrogens with one attached hydrogen (secondary N) is 1. The van der Waals surface area contributed by atoms with E-state index in [1.807, 2.05) is 31.2 Å². The molecule has 3 aromatic rings. The van der Waals surface area contributed by atoms with Gasteiger partial charge in [0, 0.05) is 48.7 Å². The van der Waals surface area contributed by atoms with Gasteiger partial charge in [0.25, 0.3) is 0 Å². The zero-order valence-corrected chi connectivity index (χ0v) is 18.6. The minimum Gasteiger partial charge on any atom is -0.466 e. The normalized spacial score (nSPS) is 11.2. The lowest BCUT2D eigenvalue weighted by molar-refractivity contribution is -0.142. The Hall–Kier alpha value is -3.41. The molecular weight excluding hydrogens is 402 g/mol. The average Bonchev–Trinajstić information content (AvgIpc) is 3.15. The second-order valence-electron chi connectivity index (χ2n) is 7.67. The third-order valence-corrected chi connectivity index (χ3v) is 5.25. The van der Waals surface area contributed by atoms with E-state index in [0.717, 1.165) is 54.3 Å². The number of hydrogen-bond acceptors (Lipinski definition) is 4. The smallest absolute Gasteiger partial charge is 0.310 e. The van der Waals surface area contributed by atoms with Crippen LogP contribution in [0, 0.1) is 0 Å². The number of carbonyl (C=O) groups is 2. The number of ether oxygens (including phenoxy) is 1. The van der Waals surface area contributed by atoms with E-state index in [9.17, 15) is 9.59 Å². The van der Waals surface area contributed by atoms with E-state index in [0.29, 0.717) is 19.6 Å². The Morgan fingerprint density at radius 2 is 1.94 bits per heavy atom. The van der Waals surface area contributed by atoms with Crippen LogP contribution in [0.3, 0.4) is 0 Å². The predicted octanol–water partition coefficient (Wildman–Crippen LogP) is 4.53. The number of fused-ring (bicyclic) bond motifs is 1. The lowest BCUT2D eigenvalue weighted by Gasteiger charge is -2.06. The molecule has 0 radical (unpaired) electrons. The molecule has 6 heteroatoms. The van der Waals surface area contributed by atoms with Crippen LogP contribution in [0.2, 0.25) is 0 Å². The van der Waals surface area contributed by atoms with Crippen LogP contribution in [-0.4, -0.2) is 34.6 Å². The number of carbonyl (C=O) groups excluding carboxylic acids is 2. The molecule has 2 aromatic heterocycles. The van der Waals surface area contributed by atoms with E-state index in [1.54, 1.807) is 24.5 Å². The summed E-state index contributed by atoms with van der Waals surface area (Å²) >= 11 is 0. The van der Waals surface area contributed by atoms with Crippen LogP contribution in [0.1, 0.15) is 43.7 Å². The third-order valence-electron chi connectivity index (χ3n) is 5.25. The van der Waals surface area contributed by atoms with Gasteiger partial charge in [-0.1, -0.05) is 37.1 Å². The Kier molecular flexibility index (Phi) is 9.05. The number of hydrogen-bond donors (Lipinski definition) is 1. The summed E-state index contributed by atoms with van der Waals surface area (Å²) in [6.45, 7) is 3.81. The third kappa shape index (κ3) is 7.08. The molecule has 0 unspecified atom stereocenters. The molecule has 0 saturated heterocycles. The minimum absolute atomic E-state index is 0.0817. The van der Waals surface area contributed by atoms with Gasteiger partial charge < -0.3 is 14.6 Å². The van der Waals surface area contributed by atoms with Gasteiger partial charge in [-0.05, 0) is 49.1 Å². The molecule has 3 rings (SSSR count). The number of para-hydroxylation sites is 1. The molecule has 0 saturated carbocycles. The van der Waals surface area contributed by atoms with Crippen molar-refractivity contribution < 1.29 is 14.3 Å². The Morgan fingerprint density at radius 3 is 2.75 bits per heavy atom. The van der Waals surface area contributed by atoms with Crippen molar-refractivity contribution in [2.24, 2.45) is 0 Å². The van der Waals surface area contributed by atoms with Gasteiger partial charge in [-0.25, -0.2) is 0 Å². The van der Waals surface area contributed by atoms with Crippen molar-refractivity contribution in [1.82, 2.24) is 14.9 Å². The van der Waals surface area contributed by atoms with Crippen LogP contribution < -0.4 is 5.32 Å². The summed E-state index contributed by atoms with van der Waals surface area (Å²) in [5, 5.41) is 4.04. The first-order valence-corrected chi connectivity index (χ1v) is 11.3. The summed E-state index contributed by atoms with van der Waals surface area (Å²) < 4.78 is 7.34. The minimum atomic E-state index is -0.187. The Bertz CT molecular complexity index is 1040. The highest BCUT2D eigenvalue weighted by atomic mass is 16.5. The maximum Gasteiger partial charge on any atom is 0.310 e. The fourth-order valence-corrected chi connectivity index (χ4v) is 3.69. The number of aryl methyl sites for hydroxylation is 1. The number of amides is 1. The van der Waals surface area contributed by atoms with E-state index in [2.05, 4.69) is 33.2 Å². The number of rotatable bonds is 12. The van der Waals surface area contributed by atoms with Gasteiger partial charge in [-0.2, -0.15) is 0 Å². The number of nitrogens with zero attached hydrogens (tertiary/aromatic N) is 2. The van der Waals surface area contributed by atoms with Crippen molar-refractivity contribution >= 4 is 28.9 Å². The van der Waals surface area contributed by atoms with Crippen LogP contribution >= 0.6 is 0 Å². The Morgan fingerprint density at radius 1 is 1.09 bits per heavy atom.